The number of carbonyl (C=O) groups is 1. The van der Waals surface area contributed by atoms with Crippen LogP contribution in [0.5, 0.6) is 5.75 Å². The average Bonchev–Trinajstić information content (AvgIpc) is 2.78. The van der Waals surface area contributed by atoms with Gasteiger partial charge in [0.2, 0.25) is 0 Å². The van der Waals surface area contributed by atoms with Crippen LogP contribution >= 0.6 is 0 Å². The van der Waals surface area contributed by atoms with Crippen LogP contribution in [0.3, 0.4) is 0 Å². The number of aryl methyl sites for hydroxylation is 1. The lowest BCUT2D eigenvalue weighted by Gasteiger charge is -2.32. The summed E-state index contributed by atoms with van der Waals surface area (Å²) in [5.74, 6) is 1.50. The van der Waals surface area contributed by atoms with Crippen LogP contribution < -0.4 is 15.0 Å². The molecule has 1 aliphatic heterocycles. The average molecular weight is 409 g/mol. The van der Waals surface area contributed by atoms with Gasteiger partial charge in [0.05, 0.1) is 6.04 Å². The van der Waals surface area contributed by atoms with Gasteiger partial charge in [-0.2, -0.15) is 0 Å². The summed E-state index contributed by atoms with van der Waals surface area (Å²) >= 11 is 0. The van der Waals surface area contributed by atoms with E-state index < -0.39 is 6.10 Å². The van der Waals surface area contributed by atoms with Gasteiger partial charge < -0.3 is 15.0 Å². The number of amides is 1. The van der Waals surface area contributed by atoms with Crippen molar-refractivity contribution in [3.63, 3.8) is 0 Å². The van der Waals surface area contributed by atoms with E-state index in [1.54, 1.807) is 0 Å². The van der Waals surface area contributed by atoms with Crippen molar-refractivity contribution in [2.45, 2.75) is 65.5 Å². The first-order valence-electron chi connectivity index (χ1n) is 11.4. The Morgan fingerprint density at radius 2 is 1.70 bits per heavy atom. The second-order valence-electron chi connectivity index (χ2n) is 8.50. The minimum absolute atomic E-state index is 0.0620. The van der Waals surface area contributed by atoms with Crippen LogP contribution in [-0.2, 0) is 11.2 Å². The van der Waals surface area contributed by atoms with Crippen LogP contribution in [0.4, 0.5) is 5.69 Å². The predicted octanol–water partition coefficient (Wildman–Crippen LogP) is 5.52. The number of nitrogens with one attached hydrogen (secondary N) is 1. The Bertz CT molecular complexity index is 793. The van der Waals surface area contributed by atoms with Gasteiger partial charge in [0, 0.05) is 18.8 Å². The smallest absolute Gasteiger partial charge is 0.261 e. The van der Waals surface area contributed by atoms with E-state index in [0.717, 1.165) is 36.7 Å². The second kappa shape index (κ2) is 10.5. The quantitative estimate of drug-likeness (QED) is 0.625. The largest absolute Gasteiger partial charge is 0.481 e. The highest BCUT2D eigenvalue weighted by molar-refractivity contribution is 5.81. The van der Waals surface area contributed by atoms with Crippen LogP contribution in [0.25, 0.3) is 0 Å². The second-order valence-corrected chi connectivity index (χ2v) is 8.50. The summed E-state index contributed by atoms with van der Waals surface area (Å²) in [4.78, 5) is 15.2. The summed E-state index contributed by atoms with van der Waals surface area (Å²) in [6, 6.07) is 16.5. The molecule has 1 fully saturated rings. The summed E-state index contributed by atoms with van der Waals surface area (Å²) in [5.41, 5.74) is 3.64. The lowest BCUT2D eigenvalue weighted by atomic mass is 9.98. The van der Waals surface area contributed by atoms with E-state index in [0.29, 0.717) is 6.42 Å². The van der Waals surface area contributed by atoms with E-state index in [1.165, 1.54) is 24.1 Å². The molecule has 1 N–H and O–H groups in total. The zero-order valence-electron chi connectivity index (χ0n) is 18.9. The number of benzene rings is 2. The summed E-state index contributed by atoms with van der Waals surface area (Å²) in [6.45, 7) is 10.7. The third-order valence-electron chi connectivity index (χ3n) is 6.17. The van der Waals surface area contributed by atoms with E-state index in [9.17, 15) is 4.79 Å². The third-order valence-corrected chi connectivity index (χ3v) is 6.17. The maximum Gasteiger partial charge on any atom is 0.261 e. The van der Waals surface area contributed by atoms with E-state index in [4.69, 9.17) is 4.74 Å². The van der Waals surface area contributed by atoms with Gasteiger partial charge in [-0.15, -0.1) is 0 Å². The third kappa shape index (κ3) is 5.78. The summed E-state index contributed by atoms with van der Waals surface area (Å²) in [5, 5.41) is 3.12. The molecule has 1 heterocycles. The molecule has 0 radical (unpaired) electrons. The highest BCUT2D eigenvalue weighted by Crippen LogP contribution is 2.25. The van der Waals surface area contributed by atoms with E-state index in [-0.39, 0.29) is 11.9 Å². The van der Waals surface area contributed by atoms with Crippen molar-refractivity contribution >= 4 is 11.6 Å². The molecule has 3 rings (SSSR count). The van der Waals surface area contributed by atoms with Gasteiger partial charge in [0.25, 0.3) is 5.91 Å². The molecule has 2 unspecified atom stereocenters. The fraction of sp³-hybridized carbons (Fsp3) is 0.500. The fourth-order valence-electron chi connectivity index (χ4n) is 3.92. The Kier molecular flexibility index (Phi) is 7.78. The molecule has 0 aliphatic carbocycles. The molecule has 0 aromatic heterocycles. The molecule has 2 aromatic rings. The molecule has 1 aliphatic rings. The number of piperidine rings is 1. The summed E-state index contributed by atoms with van der Waals surface area (Å²) in [6.07, 6.45) is 3.64. The first-order chi connectivity index (χ1) is 14.5. The van der Waals surface area contributed by atoms with Gasteiger partial charge in [0.15, 0.2) is 6.10 Å². The number of carbonyl (C=O) groups excluding carboxylic acids is 1. The van der Waals surface area contributed by atoms with Crippen molar-refractivity contribution in [3.05, 3.63) is 59.7 Å². The molecular weight excluding hydrogens is 372 g/mol. The maximum absolute atomic E-state index is 12.8. The predicted molar refractivity (Wildman–Crippen MR) is 124 cm³/mol. The zero-order chi connectivity index (χ0) is 21.5. The minimum atomic E-state index is -0.491. The van der Waals surface area contributed by atoms with Gasteiger partial charge in [-0.3, -0.25) is 4.79 Å². The van der Waals surface area contributed by atoms with Crippen LogP contribution in [-0.4, -0.2) is 25.1 Å². The van der Waals surface area contributed by atoms with Crippen molar-refractivity contribution < 1.29 is 9.53 Å². The van der Waals surface area contributed by atoms with Crippen molar-refractivity contribution in [2.75, 3.05) is 18.0 Å². The maximum atomic E-state index is 12.8. The number of hydrogen-bond donors (Lipinski definition) is 1. The lowest BCUT2D eigenvalue weighted by Crippen LogP contribution is -2.39. The van der Waals surface area contributed by atoms with Crippen LogP contribution in [0.1, 0.15) is 64.1 Å². The lowest BCUT2D eigenvalue weighted by molar-refractivity contribution is -0.128. The van der Waals surface area contributed by atoms with Crippen molar-refractivity contribution in [3.8, 4) is 5.75 Å². The number of anilines is 1. The number of rotatable bonds is 8. The molecule has 0 bridgehead atoms. The Balaban J connectivity index is 1.56. The first kappa shape index (κ1) is 22.2. The van der Waals surface area contributed by atoms with Gasteiger partial charge in [0.1, 0.15) is 5.75 Å². The van der Waals surface area contributed by atoms with E-state index in [2.05, 4.69) is 48.3 Å². The van der Waals surface area contributed by atoms with Gasteiger partial charge in [-0.25, -0.2) is 0 Å². The minimum Gasteiger partial charge on any atom is -0.481 e. The van der Waals surface area contributed by atoms with Gasteiger partial charge in [-0.05, 0) is 73.9 Å². The number of nitrogens with zero attached hydrogens (tertiary/aromatic N) is 1. The number of ether oxygens (including phenoxy) is 1. The molecule has 2 aromatic carbocycles. The monoisotopic (exact) mass is 408 g/mol. The highest BCUT2D eigenvalue weighted by atomic mass is 16.5. The van der Waals surface area contributed by atoms with Crippen molar-refractivity contribution in [2.24, 2.45) is 5.92 Å². The molecule has 1 amide bonds. The SMILES string of the molecule is CCc1ccc(OC(CC)C(=O)NC(C)c2ccc(N3CCC(C)CC3)cc2)cc1. The Morgan fingerprint density at radius 3 is 2.27 bits per heavy atom. The van der Waals surface area contributed by atoms with Crippen molar-refractivity contribution in [1.82, 2.24) is 5.32 Å². The molecule has 1 saturated heterocycles. The van der Waals surface area contributed by atoms with E-state index in [1.807, 2.05) is 38.1 Å². The molecule has 2 atom stereocenters. The Labute approximate surface area is 181 Å². The molecule has 4 nitrogen and oxygen atoms in total. The number of hydrogen-bond acceptors (Lipinski definition) is 3. The van der Waals surface area contributed by atoms with Gasteiger partial charge in [-0.1, -0.05) is 45.0 Å². The fourth-order valence-corrected chi connectivity index (χ4v) is 3.92. The van der Waals surface area contributed by atoms with Crippen LogP contribution in [0.15, 0.2) is 48.5 Å². The standard InChI is InChI=1S/C26H36N2O2/c1-5-21-7-13-24(14-8-21)30-25(6-2)26(29)27-20(4)22-9-11-23(12-10-22)28-17-15-19(3)16-18-28/h7-14,19-20,25H,5-6,15-18H2,1-4H3,(H,27,29). The van der Waals surface area contributed by atoms with Gasteiger partial charge >= 0.3 is 0 Å². The molecular formula is C26H36N2O2. The topological polar surface area (TPSA) is 41.6 Å². The van der Waals surface area contributed by atoms with Crippen molar-refractivity contribution in [1.29, 1.82) is 0 Å². The molecule has 0 saturated carbocycles. The normalized spacial score (nSPS) is 16.7. The molecule has 4 heteroatoms. The Hall–Kier alpha value is -2.49. The highest BCUT2D eigenvalue weighted by Gasteiger charge is 2.21. The van der Waals surface area contributed by atoms with Crippen LogP contribution in [0, 0.1) is 5.92 Å². The molecule has 0 spiro atoms. The first-order valence-corrected chi connectivity index (χ1v) is 11.4. The van der Waals surface area contributed by atoms with Crippen LogP contribution in [0.2, 0.25) is 0 Å². The summed E-state index contributed by atoms with van der Waals surface area (Å²) < 4.78 is 5.95. The Morgan fingerprint density at radius 1 is 1.07 bits per heavy atom. The summed E-state index contributed by atoms with van der Waals surface area (Å²) in [7, 11) is 0. The van der Waals surface area contributed by atoms with E-state index >= 15 is 0 Å². The molecule has 30 heavy (non-hydrogen) atoms. The zero-order valence-corrected chi connectivity index (χ0v) is 18.9. The molecule has 162 valence electrons.